The molecule has 0 aliphatic heterocycles. The Morgan fingerprint density at radius 1 is 0.826 bits per heavy atom. The van der Waals surface area contributed by atoms with Gasteiger partial charge in [0.1, 0.15) is 5.82 Å². The molecular formula is C26H35F6MnN5O6S2. The molecule has 0 spiro atoms. The number of imidazole rings is 1. The van der Waals surface area contributed by atoms with Gasteiger partial charge in [-0.05, 0) is 58.1 Å². The molecule has 11 nitrogen and oxygen atoms in total. The van der Waals surface area contributed by atoms with Crippen molar-refractivity contribution in [3.63, 3.8) is 0 Å². The van der Waals surface area contributed by atoms with Gasteiger partial charge in [0, 0.05) is 48.4 Å². The molecule has 1 aliphatic carbocycles. The first-order valence-electron chi connectivity index (χ1n) is 13.5. The summed E-state index contributed by atoms with van der Waals surface area (Å²) in [6, 6.07) is 15.8. The van der Waals surface area contributed by atoms with Gasteiger partial charge < -0.3 is 4.57 Å². The molecule has 3 aromatic rings. The van der Waals surface area contributed by atoms with Gasteiger partial charge in [0.2, 0.25) is 0 Å². The van der Waals surface area contributed by atoms with Crippen LogP contribution in [-0.4, -0.2) is 87.5 Å². The van der Waals surface area contributed by atoms with E-state index in [0.29, 0.717) is 12.1 Å². The van der Waals surface area contributed by atoms with Crippen molar-refractivity contribution in [3.05, 3.63) is 60.2 Å². The fraction of sp³-hybridized carbons (Fsp3) is 0.538. The summed E-state index contributed by atoms with van der Waals surface area (Å²) in [6.07, 6.45) is 7.02. The molecule has 20 heteroatoms. The van der Waals surface area contributed by atoms with E-state index in [0.717, 1.165) is 30.8 Å². The Bertz CT molecular complexity index is 1550. The van der Waals surface area contributed by atoms with Gasteiger partial charge in [0.05, 0.1) is 23.3 Å². The Kier molecular flexibility index (Phi) is 15.6. The van der Waals surface area contributed by atoms with Crippen LogP contribution in [0.4, 0.5) is 26.3 Å². The molecule has 2 atom stereocenters. The first-order valence-corrected chi connectivity index (χ1v) is 16.4. The molecule has 1 aliphatic rings. The number of para-hydroxylation sites is 2. The molecule has 0 saturated heterocycles. The zero-order chi connectivity index (χ0) is 34.2. The summed E-state index contributed by atoms with van der Waals surface area (Å²) in [6.45, 7) is 4.96. The van der Waals surface area contributed by atoms with Crippen molar-refractivity contribution in [3.8, 4) is 0 Å². The van der Waals surface area contributed by atoms with Crippen molar-refractivity contribution in [2.45, 2.75) is 75.3 Å². The maximum absolute atomic E-state index is 10.7. The predicted molar refractivity (Wildman–Crippen MR) is 154 cm³/mol. The molecule has 0 amide bonds. The third-order valence-corrected chi connectivity index (χ3v) is 8.16. The third kappa shape index (κ3) is 12.0. The molecule has 1 radical (unpaired) electrons. The van der Waals surface area contributed by atoms with Gasteiger partial charge >= 0.3 is 31.3 Å². The molecule has 1 aromatic carbocycles. The van der Waals surface area contributed by atoms with Crippen molar-refractivity contribution in [2.75, 3.05) is 14.1 Å². The second-order valence-corrected chi connectivity index (χ2v) is 13.0. The van der Waals surface area contributed by atoms with Crippen LogP contribution in [0.5, 0.6) is 0 Å². The van der Waals surface area contributed by atoms with Crippen LogP contribution in [0.2, 0.25) is 0 Å². The smallest absolute Gasteiger partial charge is 0.327 e. The van der Waals surface area contributed by atoms with Gasteiger partial charge in [-0.1, -0.05) is 31.0 Å². The summed E-state index contributed by atoms with van der Waals surface area (Å²) < 4.78 is 117. The van der Waals surface area contributed by atoms with Gasteiger partial charge in [0.25, 0.3) is 0 Å². The van der Waals surface area contributed by atoms with E-state index in [1.54, 1.807) is 0 Å². The molecule has 2 heterocycles. The van der Waals surface area contributed by atoms with Gasteiger partial charge in [-0.2, -0.15) is 43.2 Å². The minimum absolute atomic E-state index is 0. The largest absolute Gasteiger partial charge is 0.522 e. The van der Waals surface area contributed by atoms with Crippen LogP contribution in [0.3, 0.4) is 0 Å². The first kappa shape index (κ1) is 41.7. The SMILES string of the molecule is CCn1c(CN(C)[C@@H]2CCCC[C@H]2N(C)Cc2ccccn2)nc2ccccc21.O=S(=O)(O)C(F)(F)F.O=S(=O)(O)C(F)(F)F.[Mn]. The number of halogens is 6. The van der Waals surface area contributed by atoms with Crippen LogP contribution in [0.1, 0.15) is 44.1 Å². The maximum Gasteiger partial charge on any atom is 0.522 e. The number of benzene rings is 1. The summed E-state index contributed by atoms with van der Waals surface area (Å²) in [7, 11) is -7.15. The van der Waals surface area contributed by atoms with Gasteiger partial charge in [-0.25, -0.2) is 4.98 Å². The third-order valence-electron chi connectivity index (χ3n) is 6.99. The molecule has 261 valence electrons. The first-order chi connectivity index (χ1) is 20.7. The van der Waals surface area contributed by atoms with Crippen molar-refractivity contribution in [1.82, 2.24) is 24.3 Å². The summed E-state index contributed by atoms with van der Waals surface area (Å²) in [5, 5.41) is 0. The van der Waals surface area contributed by atoms with Gasteiger partial charge in [0.15, 0.2) is 0 Å². The monoisotopic (exact) mass is 746 g/mol. The van der Waals surface area contributed by atoms with Crippen LogP contribution >= 0.6 is 0 Å². The number of pyridine rings is 1. The predicted octanol–water partition coefficient (Wildman–Crippen LogP) is 5.11. The summed E-state index contributed by atoms with van der Waals surface area (Å²) >= 11 is 0. The molecule has 0 bridgehead atoms. The second-order valence-electron chi connectivity index (χ2n) is 10.2. The van der Waals surface area contributed by atoms with Crippen molar-refractivity contribution in [1.29, 1.82) is 0 Å². The minimum atomic E-state index is -5.84. The molecule has 1 fully saturated rings. The average Bonchev–Trinajstić information content (AvgIpc) is 3.29. The standard InChI is InChI=1S/C24H33N5.2CHF3O3S.Mn/c1-4-29-21-13-6-5-12-20(21)26-24(29)18-28(3)23-15-8-7-14-22(23)27(2)17-19-11-9-10-16-25-19;2*2-1(3,4)8(5,6)7;/h5-6,9-13,16,22-23H,4,7-8,14-15,17-18H2,1-3H3;2*(H,5,6,7);/t22-,23-;;;/m1.../s1. The number of hydrogen-bond donors (Lipinski definition) is 2. The zero-order valence-electron chi connectivity index (χ0n) is 24.9. The van der Waals surface area contributed by atoms with E-state index in [4.69, 9.17) is 30.9 Å². The van der Waals surface area contributed by atoms with E-state index in [-0.39, 0.29) is 17.1 Å². The Labute approximate surface area is 274 Å². The molecule has 2 N–H and O–H groups in total. The molecule has 1 saturated carbocycles. The molecule has 0 unspecified atom stereocenters. The van der Waals surface area contributed by atoms with Crippen LogP contribution < -0.4 is 0 Å². The number of likely N-dealkylation sites (N-methyl/N-ethyl adjacent to an activating group) is 2. The van der Waals surface area contributed by atoms with E-state index in [9.17, 15) is 26.3 Å². The number of hydrogen-bond acceptors (Lipinski definition) is 8. The van der Waals surface area contributed by atoms with E-state index in [1.165, 1.54) is 37.0 Å². The quantitative estimate of drug-likeness (QED) is 0.145. The molecule has 46 heavy (non-hydrogen) atoms. The molecule has 4 rings (SSSR count). The summed E-state index contributed by atoms with van der Waals surface area (Å²) in [4.78, 5) is 14.5. The normalized spacial score (nSPS) is 17.5. The average molecular weight is 747 g/mol. The van der Waals surface area contributed by atoms with Crippen molar-refractivity contribution >= 4 is 31.3 Å². The topological polar surface area (TPSA) is 146 Å². The number of alkyl halides is 6. The Balaban J connectivity index is 0.000000518. The van der Waals surface area contributed by atoms with Crippen molar-refractivity contribution in [2.24, 2.45) is 0 Å². The summed E-state index contributed by atoms with van der Waals surface area (Å²) in [5.74, 6) is 1.17. The number of fused-ring (bicyclic) bond motifs is 1. The number of aromatic nitrogens is 3. The number of rotatable bonds is 7. The fourth-order valence-electron chi connectivity index (χ4n) is 4.92. The van der Waals surface area contributed by atoms with E-state index >= 15 is 0 Å². The van der Waals surface area contributed by atoms with Gasteiger partial charge in [-0.15, -0.1) is 0 Å². The Hall–Kier alpha value is -2.32. The van der Waals surface area contributed by atoms with E-state index in [2.05, 4.69) is 76.8 Å². The zero-order valence-corrected chi connectivity index (χ0v) is 27.8. The molecular weight excluding hydrogens is 711 g/mol. The maximum atomic E-state index is 10.7. The van der Waals surface area contributed by atoms with Crippen LogP contribution in [0.15, 0.2) is 48.7 Å². The minimum Gasteiger partial charge on any atom is -0.327 e. The van der Waals surface area contributed by atoms with Crippen LogP contribution in [-0.2, 0) is 56.9 Å². The van der Waals surface area contributed by atoms with Crippen LogP contribution in [0, 0.1) is 0 Å². The van der Waals surface area contributed by atoms with Gasteiger partial charge in [-0.3, -0.25) is 23.9 Å². The van der Waals surface area contributed by atoms with Crippen molar-refractivity contribution < 1.29 is 69.4 Å². The Morgan fingerprint density at radius 2 is 1.28 bits per heavy atom. The van der Waals surface area contributed by atoms with E-state index < -0.39 is 31.3 Å². The van der Waals surface area contributed by atoms with Crippen LogP contribution in [0.25, 0.3) is 11.0 Å². The second kappa shape index (κ2) is 17.2. The molecule has 2 aromatic heterocycles. The summed E-state index contributed by atoms with van der Waals surface area (Å²) in [5.41, 5.74) is -7.58. The number of aryl methyl sites for hydroxylation is 1. The Morgan fingerprint density at radius 3 is 1.72 bits per heavy atom. The number of nitrogens with zero attached hydrogens (tertiary/aromatic N) is 5. The fourth-order valence-corrected chi connectivity index (χ4v) is 4.92. The van der Waals surface area contributed by atoms with E-state index in [1.807, 2.05) is 12.3 Å².